The van der Waals surface area contributed by atoms with E-state index in [4.69, 9.17) is 0 Å². The number of ketones is 2. The molecule has 1 aliphatic carbocycles. The van der Waals surface area contributed by atoms with E-state index in [-0.39, 0.29) is 23.3 Å². The average molecular weight is 506 g/mol. The molecule has 0 amide bonds. The van der Waals surface area contributed by atoms with Crippen LogP contribution in [0.3, 0.4) is 0 Å². The van der Waals surface area contributed by atoms with Gasteiger partial charge in [0, 0.05) is 23.3 Å². The molecule has 0 atom stereocenters. The Morgan fingerprint density at radius 1 is 0.571 bits per heavy atom. The third kappa shape index (κ3) is 3.71. The minimum atomic E-state index is -2.91. The first kappa shape index (κ1) is 22.9. The molecule has 0 fully saturated rings. The fraction of sp³-hybridized carbons (Fsp3) is 0.0385. The number of rotatable bonds is 2. The van der Waals surface area contributed by atoms with Gasteiger partial charge in [0.05, 0.1) is 0 Å². The van der Waals surface area contributed by atoms with Gasteiger partial charge in [-0.3, -0.25) is 24.0 Å². The van der Waals surface area contributed by atoms with Crippen LogP contribution in [0.1, 0.15) is 22.1 Å². The van der Waals surface area contributed by atoms with Gasteiger partial charge in [0.15, 0.2) is 0 Å². The van der Waals surface area contributed by atoms with Crippen molar-refractivity contribution < 1.29 is 21.2 Å². The van der Waals surface area contributed by atoms with Gasteiger partial charge < -0.3 is 10.2 Å². The lowest BCUT2D eigenvalue weighted by Crippen LogP contribution is -2.40. The smallest absolute Gasteiger partial charge is 0.295 e. The molecule has 9 heteroatoms. The van der Waals surface area contributed by atoms with Gasteiger partial charge in [0.1, 0.15) is 0 Å². The number of fused-ring (bicyclic) bond motifs is 2. The van der Waals surface area contributed by atoms with Crippen LogP contribution < -0.4 is 16.3 Å². The number of benzene rings is 2. The summed E-state index contributed by atoms with van der Waals surface area (Å²) in [4.78, 5) is 57.6. The maximum atomic E-state index is 11.7. The molecule has 35 heavy (non-hydrogen) atoms. The Hall–Kier alpha value is -3.89. The molecule has 0 radical (unpaired) electrons. The topological polar surface area (TPSA) is 126 Å². The molecule has 6 rings (SSSR count). The Kier molecular flexibility index (Phi) is 5.49. The van der Waals surface area contributed by atoms with Crippen molar-refractivity contribution in [2.24, 2.45) is 0 Å². The molecule has 1 aliphatic rings. The van der Waals surface area contributed by atoms with Gasteiger partial charge in [-0.15, -0.1) is 0 Å². The van der Waals surface area contributed by atoms with Crippen LogP contribution in [-0.2, 0) is 0 Å². The monoisotopic (exact) mass is 505 g/mol. The van der Waals surface area contributed by atoms with E-state index in [2.05, 4.69) is 0 Å². The number of hydrogen-bond acceptors (Lipinski definition) is 9. The second-order valence-electron chi connectivity index (χ2n) is 7.86. The van der Waals surface area contributed by atoms with Crippen molar-refractivity contribution in [1.82, 2.24) is 0 Å². The molecular formula is C26H16O7S2. The standard InChI is InChI=1S/C13H8O4S.C13H6O3S.H2/c14-11-9-2-1-7(8-3-4-18-6-8)5-10(9)12(15)13(11,16)17;14-11-9-2-1-7(8-3-4-17-6-8)5-10(9)12(15)13(11)16;/h1-6,16-17H;1-6H;1H/i;;1+1. The average Bonchev–Trinajstić information content (AvgIpc) is 3.65. The van der Waals surface area contributed by atoms with Crippen LogP contribution in [-0.4, -0.2) is 27.6 Å². The number of thiophene rings is 2. The molecule has 0 spiro atoms. The normalized spacial score (nSPS) is 14.1. The van der Waals surface area contributed by atoms with E-state index in [1.165, 1.54) is 23.5 Å². The number of carbonyl (C=O) groups excluding carboxylic acids is 2. The van der Waals surface area contributed by atoms with Crippen LogP contribution in [0, 0.1) is 0 Å². The Morgan fingerprint density at radius 2 is 1.11 bits per heavy atom. The minimum absolute atomic E-state index is 0. The first-order valence-corrected chi connectivity index (χ1v) is 12.1. The van der Waals surface area contributed by atoms with Crippen LogP contribution in [0.4, 0.5) is 0 Å². The van der Waals surface area contributed by atoms with Gasteiger partial charge in [-0.25, -0.2) is 0 Å². The van der Waals surface area contributed by atoms with Gasteiger partial charge in [-0.05, 0) is 80.2 Å². The van der Waals surface area contributed by atoms with Crippen LogP contribution in [0.25, 0.3) is 33.0 Å². The summed E-state index contributed by atoms with van der Waals surface area (Å²) < 4.78 is 0. The first-order chi connectivity index (χ1) is 16.7. The Balaban J connectivity index is 0.000000165. The van der Waals surface area contributed by atoms with Gasteiger partial charge in [0.2, 0.25) is 22.4 Å². The first-order valence-electron chi connectivity index (χ1n) is 10.2. The zero-order valence-corrected chi connectivity index (χ0v) is 19.3. The lowest BCUT2D eigenvalue weighted by molar-refractivity contribution is -0.0857. The summed E-state index contributed by atoms with van der Waals surface area (Å²) in [6.45, 7) is 0. The molecule has 2 heterocycles. The SMILES string of the molecule is O=C1c2ccc(-c3ccsc3)cc2C(=O)C1(O)O.O=c1c(=O)c2ccc(-c3ccsc3)cc2c1=O.[2HH]. The molecule has 0 bridgehead atoms. The van der Waals surface area contributed by atoms with Crippen molar-refractivity contribution in [3.63, 3.8) is 0 Å². The van der Waals surface area contributed by atoms with Crippen molar-refractivity contribution in [3.8, 4) is 22.3 Å². The second kappa shape index (κ2) is 8.40. The zero-order chi connectivity index (χ0) is 24.9. The van der Waals surface area contributed by atoms with Crippen molar-refractivity contribution >= 4 is 45.0 Å². The molecule has 0 saturated heterocycles. The molecule has 174 valence electrons. The van der Waals surface area contributed by atoms with Crippen LogP contribution >= 0.6 is 22.7 Å². The molecule has 2 aromatic heterocycles. The lowest BCUT2D eigenvalue weighted by Gasteiger charge is -2.08. The van der Waals surface area contributed by atoms with Crippen LogP contribution in [0.2, 0.25) is 0 Å². The fourth-order valence-corrected chi connectivity index (χ4v) is 5.23. The molecule has 3 aromatic carbocycles. The summed E-state index contributed by atoms with van der Waals surface area (Å²) in [6.07, 6.45) is 0. The van der Waals surface area contributed by atoms with Gasteiger partial charge in [-0.2, -0.15) is 22.7 Å². The number of Topliss-reactive ketones (excluding diaryl/α,β-unsaturated/α-hetero) is 2. The van der Waals surface area contributed by atoms with E-state index >= 15 is 0 Å². The van der Waals surface area contributed by atoms with E-state index in [1.807, 2.05) is 33.7 Å². The summed E-state index contributed by atoms with van der Waals surface area (Å²) in [6, 6.07) is 13.4. The quantitative estimate of drug-likeness (QED) is 0.214. The highest BCUT2D eigenvalue weighted by atomic mass is 32.1. The predicted molar refractivity (Wildman–Crippen MR) is 136 cm³/mol. The van der Waals surface area contributed by atoms with E-state index in [9.17, 15) is 34.2 Å². The lowest BCUT2D eigenvalue weighted by atomic mass is 10.0. The minimum Gasteiger partial charge on any atom is -0.353 e. The molecule has 7 nitrogen and oxygen atoms in total. The van der Waals surface area contributed by atoms with E-state index in [1.54, 1.807) is 35.6 Å². The van der Waals surface area contributed by atoms with Gasteiger partial charge in [-0.1, -0.05) is 12.1 Å². The van der Waals surface area contributed by atoms with E-state index in [0.717, 1.165) is 22.3 Å². The van der Waals surface area contributed by atoms with Crippen molar-refractivity contribution in [2.75, 3.05) is 0 Å². The molecule has 0 aliphatic heterocycles. The highest BCUT2D eigenvalue weighted by Crippen LogP contribution is 2.32. The van der Waals surface area contributed by atoms with Gasteiger partial charge in [0.25, 0.3) is 11.2 Å². The Labute approximate surface area is 206 Å². The molecule has 5 aromatic rings. The third-order valence-electron chi connectivity index (χ3n) is 5.77. The molecule has 0 unspecified atom stereocenters. The van der Waals surface area contributed by atoms with Crippen LogP contribution in [0.5, 0.6) is 0 Å². The maximum absolute atomic E-state index is 11.7. The van der Waals surface area contributed by atoms with Crippen molar-refractivity contribution in [3.05, 3.63) is 112 Å². The van der Waals surface area contributed by atoms with Crippen molar-refractivity contribution in [2.45, 2.75) is 5.79 Å². The van der Waals surface area contributed by atoms with Crippen LogP contribution in [0.15, 0.2) is 84.4 Å². The zero-order valence-electron chi connectivity index (χ0n) is 17.7. The molecule has 0 saturated carbocycles. The summed E-state index contributed by atoms with van der Waals surface area (Å²) >= 11 is 3.07. The Bertz CT molecular complexity index is 1760. The summed E-state index contributed by atoms with van der Waals surface area (Å²) in [7, 11) is 0. The van der Waals surface area contributed by atoms with E-state index in [0.29, 0.717) is 0 Å². The maximum Gasteiger partial charge on any atom is 0.295 e. The fourth-order valence-electron chi connectivity index (χ4n) is 3.90. The third-order valence-corrected chi connectivity index (χ3v) is 7.14. The number of hydrogen-bond donors (Lipinski definition) is 2. The highest BCUT2D eigenvalue weighted by Gasteiger charge is 2.50. The highest BCUT2D eigenvalue weighted by molar-refractivity contribution is 7.08. The molecule has 2 N–H and O–H groups in total. The van der Waals surface area contributed by atoms with Gasteiger partial charge >= 0.3 is 0 Å². The Morgan fingerprint density at radius 3 is 1.71 bits per heavy atom. The number of carbonyl (C=O) groups is 2. The van der Waals surface area contributed by atoms with E-state index < -0.39 is 33.6 Å². The second-order valence-corrected chi connectivity index (χ2v) is 9.42. The number of aliphatic hydroxyl groups is 2. The largest absolute Gasteiger partial charge is 0.353 e. The molecular weight excluding hydrogens is 488 g/mol. The summed E-state index contributed by atoms with van der Waals surface area (Å²) in [5.41, 5.74) is 1.34. The van der Waals surface area contributed by atoms with Crippen molar-refractivity contribution in [1.29, 1.82) is 0 Å². The predicted octanol–water partition coefficient (Wildman–Crippen LogP) is 3.25. The summed E-state index contributed by atoms with van der Waals surface area (Å²) in [5.74, 6) is -4.82. The summed E-state index contributed by atoms with van der Waals surface area (Å²) in [5, 5.41) is 27.0.